The van der Waals surface area contributed by atoms with Crippen LogP contribution < -0.4 is 5.32 Å². The van der Waals surface area contributed by atoms with Crippen LogP contribution in [0.25, 0.3) is 0 Å². The molecule has 0 aliphatic rings. The van der Waals surface area contributed by atoms with E-state index in [0.717, 1.165) is 0 Å². The molecule has 3 atom stereocenters. The van der Waals surface area contributed by atoms with Crippen LogP contribution in [-0.2, 0) is 0 Å². The van der Waals surface area contributed by atoms with Gasteiger partial charge in [-0.3, -0.25) is 0 Å². The van der Waals surface area contributed by atoms with Crippen LogP contribution in [0.15, 0.2) is 0 Å². The summed E-state index contributed by atoms with van der Waals surface area (Å²) in [5.74, 6) is 0. The Morgan fingerprint density at radius 3 is 2.40 bits per heavy atom. The lowest BCUT2D eigenvalue weighted by atomic mass is 10.1. The molecule has 0 amide bonds. The van der Waals surface area contributed by atoms with E-state index in [-0.39, 0.29) is 6.61 Å². The molecule has 0 fully saturated rings. The van der Waals surface area contributed by atoms with Crippen molar-refractivity contribution in [3.8, 4) is 0 Å². The van der Waals surface area contributed by atoms with E-state index in [2.05, 4.69) is 32.3 Å². The summed E-state index contributed by atoms with van der Waals surface area (Å²) in [6.45, 7) is 6.89. The summed E-state index contributed by atoms with van der Waals surface area (Å²) in [5, 5.41) is 13.0. The van der Waals surface area contributed by atoms with Crippen LogP contribution in [0.5, 0.6) is 0 Å². The van der Waals surface area contributed by atoms with Crippen LogP contribution in [0.3, 0.4) is 0 Å². The van der Waals surface area contributed by atoms with Gasteiger partial charge in [0.1, 0.15) is 0 Å². The van der Waals surface area contributed by atoms with Gasteiger partial charge in [-0.1, -0.05) is 26.2 Å². The molecule has 0 saturated carbocycles. The van der Waals surface area contributed by atoms with Crippen LogP contribution in [-0.4, -0.2) is 35.3 Å². The molecule has 0 rings (SSSR count). The van der Waals surface area contributed by atoms with Crippen molar-refractivity contribution in [2.45, 2.75) is 63.8 Å². The molecule has 0 heterocycles. The lowest BCUT2D eigenvalue weighted by Crippen LogP contribution is -2.42. The maximum absolute atomic E-state index is 9.16. The molecule has 2 nitrogen and oxygen atoms in total. The standard InChI is InChI=1S/C12H27NOS/c1-5-6-7-8-10(2)13-11(3)12(9-14)15-4/h10-14H,5-9H2,1-4H3. The highest BCUT2D eigenvalue weighted by Gasteiger charge is 2.16. The Hall–Kier alpha value is 0.270. The number of hydrogen-bond donors (Lipinski definition) is 2. The predicted octanol–water partition coefficient (Wildman–Crippen LogP) is 2.66. The minimum absolute atomic E-state index is 0.261. The van der Waals surface area contributed by atoms with Gasteiger partial charge >= 0.3 is 0 Å². The minimum Gasteiger partial charge on any atom is -0.395 e. The number of thioether (sulfide) groups is 1. The third kappa shape index (κ3) is 7.20. The quantitative estimate of drug-likeness (QED) is 0.601. The van der Waals surface area contributed by atoms with Crippen LogP contribution in [0, 0.1) is 0 Å². The summed E-state index contributed by atoms with van der Waals surface area (Å²) in [6, 6.07) is 0.953. The van der Waals surface area contributed by atoms with Crippen molar-refractivity contribution in [1.82, 2.24) is 5.32 Å². The van der Waals surface area contributed by atoms with E-state index in [1.54, 1.807) is 11.8 Å². The highest BCUT2D eigenvalue weighted by atomic mass is 32.2. The van der Waals surface area contributed by atoms with E-state index < -0.39 is 0 Å². The first-order valence-electron chi connectivity index (χ1n) is 6.05. The largest absolute Gasteiger partial charge is 0.395 e. The first-order valence-corrected chi connectivity index (χ1v) is 7.34. The number of aliphatic hydroxyl groups excluding tert-OH is 1. The molecule has 15 heavy (non-hydrogen) atoms. The Balaban J connectivity index is 3.68. The Labute approximate surface area is 99.2 Å². The number of aliphatic hydroxyl groups is 1. The van der Waals surface area contributed by atoms with Gasteiger partial charge in [-0.25, -0.2) is 0 Å². The van der Waals surface area contributed by atoms with E-state index >= 15 is 0 Å². The topological polar surface area (TPSA) is 32.3 Å². The molecule has 0 radical (unpaired) electrons. The number of nitrogens with one attached hydrogen (secondary N) is 1. The summed E-state index contributed by atoms with van der Waals surface area (Å²) >= 11 is 1.74. The molecule has 0 aliphatic carbocycles. The summed E-state index contributed by atoms with van der Waals surface area (Å²) in [4.78, 5) is 0. The van der Waals surface area contributed by atoms with Gasteiger partial charge in [0, 0.05) is 17.3 Å². The van der Waals surface area contributed by atoms with Crippen molar-refractivity contribution in [3.05, 3.63) is 0 Å². The first kappa shape index (κ1) is 15.3. The van der Waals surface area contributed by atoms with Crippen LogP contribution in [0.1, 0.15) is 46.5 Å². The molecule has 0 aliphatic heterocycles. The minimum atomic E-state index is 0.261. The lowest BCUT2D eigenvalue weighted by molar-refractivity contribution is 0.270. The SMILES string of the molecule is CCCCCC(C)NC(C)C(CO)SC. The Bertz CT molecular complexity index is 140. The Morgan fingerprint density at radius 2 is 1.93 bits per heavy atom. The summed E-state index contributed by atoms with van der Waals surface area (Å²) in [6.07, 6.45) is 7.21. The molecule has 2 N–H and O–H groups in total. The molecule has 3 heteroatoms. The molecule has 0 bridgehead atoms. The predicted molar refractivity (Wildman–Crippen MR) is 70.6 cm³/mol. The van der Waals surface area contributed by atoms with E-state index in [1.165, 1.54) is 25.7 Å². The molecule has 92 valence electrons. The zero-order chi connectivity index (χ0) is 11.7. The highest BCUT2D eigenvalue weighted by molar-refractivity contribution is 7.99. The van der Waals surface area contributed by atoms with E-state index in [9.17, 15) is 0 Å². The fourth-order valence-electron chi connectivity index (χ4n) is 1.78. The van der Waals surface area contributed by atoms with Crippen molar-refractivity contribution in [2.75, 3.05) is 12.9 Å². The van der Waals surface area contributed by atoms with Gasteiger partial charge in [-0.05, 0) is 26.5 Å². The molecule has 0 aromatic heterocycles. The molecule has 3 unspecified atom stereocenters. The van der Waals surface area contributed by atoms with Crippen LogP contribution in [0.2, 0.25) is 0 Å². The van der Waals surface area contributed by atoms with Crippen molar-refractivity contribution >= 4 is 11.8 Å². The smallest absolute Gasteiger partial charge is 0.0564 e. The van der Waals surface area contributed by atoms with Gasteiger partial charge < -0.3 is 10.4 Å². The third-order valence-corrected chi connectivity index (χ3v) is 3.99. The third-order valence-electron chi connectivity index (χ3n) is 2.83. The second-order valence-electron chi connectivity index (χ2n) is 4.31. The zero-order valence-corrected chi connectivity index (χ0v) is 11.4. The van der Waals surface area contributed by atoms with Crippen LogP contribution >= 0.6 is 11.8 Å². The average molecular weight is 233 g/mol. The fraction of sp³-hybridized carbons (Fsp3) is 1.00. The van der Waals surface area contributed by atoms with E-state index in [0.29, 0.717) is 17.3 Å². The van der Waals surface area contributed by atoms with Crippen molar-refractivity contribution in [3.63, 3.8) is 0 Å². The van der Waals surface area contributed by atoms with Crippen molar-refractivity contribution in [1.29, 1.82) is 0 Å². The normalized spacial score (nSPS) is 17.4. The van der Waals surface area contributed by atoms with E-state index in [4.69, 9.17) is 5.11 Å². The average Bonchev–Trinajstić information content (AvgIpc) is 2.20. The summed E-state index contributed by atoms with van der Waals surface area (Å²) in [5.41, 5.74) is 0. The Kier molecular flexibility index (Phi) is 9.66. The summed E-state index contributed by atoms with van der Waals surface area (Å²) < 4.78 is 0. The van der Waals surface area contributed by atoms with Crippen LogP contribution in [0.4, 0.5) is 0 Å². The maximum atomic E-state index is 9.16. The molecular weight excluding hydrogens is 206 g/mol. The van der Waals surface area contributed by atoms with Gasteiger partial charge in [-0.2, -0.15) is 11.8 Å². The van der Waals surface area contributed by atoms with Gasteiger partial charge in [0.2, 0.25) is 0 Å². The second-order valence-corrected chi connectivity index (χ2v) is 5.39. The molecule has 0 aromatic rings. The maximum Gasteiger partial charge on any atom is 0.0564 e. The highest BCUT2D eigenvalue weighted by Crippen LogP contribution is 2.12. The molecule has 0 spiro atoms. The molecular formula is C12H27NOS. The van der Waals surface area contributed by atoms with Gasteiger partial charge in [0.25, 0.3) is 0 Å². The second kappa shape index (κ2) is 9.49. The summed E-state index contributed by atoms with van der Waals surface area (Å²) in [7, 11) is 0. The van der Waals surface area contributed by atoms with Gasteiger partial charge in [0.05, 0.1) is 6.61 Å². The zero-order valence-electron chi connectivity index (χ0n) is 10.6. The number of rotatable bonds is 9. The van der Waals surface area contributed by atoms with Crippen molar-refractivity contribution in [2.24, 2.45) is 0 Å². The molecule has 0 saturated heterocycles. The Morgan fingerprint density at radius 1 is 1.27 bits per heavy atom. The molecule has 0 aromatic carbocycles. The lowest BCUT2D eigenvalue weighted by Gasteiger charge is -2.25. The van der Waals surface area contributed by atoms with Gasteiger partial charge in [-0.15, -0.1) is 0 Å². The number of unbranched alkanes of at least 4 members (excludes halogenated alkanes) is 2. The van der Waals surface area contributed by atoms with E-state index in [1.807, 2.05) is 0 Å². The van der Waals surface area contributed by atoms with Crippen molar-refractivity contribution < 1.29 is 5.11 Å². The first-order chi connectivity index (χ1) is 7.15. The number of hydrogen-bond acceptors (Lipinski definition) is 3. The fourth-order valence-corrected chi connectivity index (χ4v) is 2.41. The van der Waals surface area contributed by atoms with Gasteiger partial charge in [0.15, 0.2) is 0 Å². The monoisotopic (exact) mass is 233 g/mol.